The van der Waals surface area contributed by atoms with Crippen LogP contribution in [0.15, 0.2) is 297 Å². The van der Waals surface area contributed by atoms with E-state index < -0.39 is 5.97 Å². The Bertz CT molecular complexity index is 6880. The van der Waals surface area contributed by atoms with Crippen LogP contribution < -0.4 is 111 Å². The first-order valence-corrected chi connectivity index (χ1v) is 47.0. The minimum Gasteiger partial charge on any atom is -1.00 e. The number of ether oxygens (including phenoxy) is 2. The number of nitrogens with two attached hydrogens (primary N) is 6. The van der Waals surface area contributed by atoms with Gasteiger partial charge in [0.05, 0.1) is 52.5 Å². The van der Waals surface area contributed by atoms with E-state index in [9.17, 15) is 19.7 Å². The Hall–Kier alpha value is -10.8. The summed E-state index contributed by atoms with van der Waals surface area (Å²) in [4.78, 5) is 52.0. The van der Waals surface area contributed by atoms with Gasteiger partial charge >= 0.3 is 94.1 Å². The van der Waals surface area contributed by atoms with Gasteiger partial charge in [0.1, 0.15) is 5.88 Å². The second-order valence-corrected chi connectivity index (χ2v) is 35.0. The Labute approximate surface area is 918 Å². The third-order valence-corrected chi connectivity index (χ3v) is 25.1. The molecule has 0 radical (unpaired) electrons. The minimum atomic E-state index is -0.392. The molecule has 13 N–H and O–H groups in total. The smallest absolute Gasteiger partial charge is 1.00 e. The van der Waals surface area contributed by atoms with Crippen molar-refractivity contribution in [2.75, 3.05) is 43.1 Å². The van der Waals surface area contributed by atoms with E-state index in [0.29, 0.717) is 39.6 Å². The van der Waals surface area contributed by atoms with Crippen LogP contribution in [-0.4, -0.2) is 106 Å². The van der Waals surface area contributed by atoms with E-state index in [1.165, 1.54) is 203 Å². The number of nitro benzene ring substituents is 1. The van der Waals surface area contributed by atoms with Gasteiger partial charge in [-0.3, -0.25) is 28.8 Å². The summed E-state index contributed by atoms with van der Waals surface area (Å²) in [5, 5.41) is 66.7. The Morgan fingerprint density at radius 2 is 0.844 bits per heavy atom. The van der Waals surface area contributed by atoms with Gasteiger partial charge in [-0.2, -0.15) is 4.99 Å². The van der Waals surface area contributed by atoms with Crippen LogP contribution in [0.3, 0.4) is 0 Å². The molecule has 0 bridgehead atoms. The molecule has 0 atom stereocenters. The number of carbonyl (C=O) groups is 2. The number of esters is 2. The molecule has 7 aliphatic rings. The number of aromatic nitrogens is 6. The first-order chi connectivity index (χ1) is 65.7. The zero-order valence-corrected chi connectivity index (χ0v) is 89.1. The Kier molecular flexibility index (Phi) is 50.5. The molecule has 0 unspecified atom stereocenters. The summed E-state index contributed by atoms with van der Waals surface area (Å²) in [5.74, 6) is 8.89. The third kappa shape index (κ3) is 33.9. The number of isothiocyanates is 1. The number of alkyl halides is 1. The predicted molar refractivity (Wildman–Crippen MR) is 576 cm³/mol. The summed E-state index contributed by atoms with van der Waals surface area (Å²) in [7, 11) is 2.66. The molecule has 27 nitrogen and oxygen atoms in total. The number of thioether (sulfide) groups is 1. The molecular formula is C105H110Br2ClMgN17Na2O10S3. The number of thiocarbonyl (C=S) groups is 1. The number of anilines is 3. The number of H-pyrrole nitrogens is 1. The van der Waals surface area contributed by atoms with Crippen molar-refractivity contribution in [1.82, 2.24) is 29.5 Å². The molecular weight excluding hydrogens is 2020 g/mol. The van der Waals surface area contributed by atoms with Gasteiger partial charge in [-0.25, -0.2) is 17.9 Å². The zero-order valence-electron chi connectivity index (χ0n) is 77.3. The van der Waals surface area contributed by atoms with Crippen LogP contribution >= 0.6 is 63.7 Å². The van der Waals surface area contributed by atoms with Crippen LogP contribution in [0.4, 0.5) is 29.0 Å². The van der Waals surface area contributed by atoms with Gasteiger partial charge in [-0.15, -0.1) is 42.7 Å². The number of nitrogens with zero attached hydrogens (tertiary/aromatic N) is 10. The number of halogens is 3. The second kappa shape index (κ2) is 59.9. The number of benzene rings is 14. The van der Waals surface area contributed by atoms with E-state index in [2.05, 4.69) is 275 Å². The van der Waals surface area contributed by atoms with Crippen molar-refractivity contribution in [2.45, 2.75) is 145 Å². The molecule has 0 saturated heterocycles. The molecule has 0 aliphatic heterocycles. The molecule has 7 saturated carbocycles. The van der Waals surface area contributed by atoms with E-state index >= 15 is 0 Å². The number of non-ortho nitro benzene ring substituents is 1. The second-order valence-electron chi connectivity index (χ2n) is 32.3. The van der Waals surface area contributed by atoms with E-state index in [1.807, 2.05) is 66.7 Å². The van der Waals surface area contributed by atoms with Gasteiger partial charge in [0.15, 0.2) is 5.16 Å². The van der Waals surface area contributed by atoms with Crippen molar-refractivity contribution < 1.29 is 100 Å². The number of rotatable bonds is 14. The number of aromatic amines is 1. The summed E-state index contributed by atoms with van der Waals surface area (Å²) < 4.78 is 14.1. The average Bonchev–Trinajstić information content (AvgIpc) is 1.58. The van der Waals surface area contributed by atoms with Crippen molar-refractivity contribution in [2.24, 2.45) is 38.1 Å². The fourth-order valence-electron chi connectivity index (χ4n) is 15.6. The third-order valence-electron chi connectivity index (χ3n) is 22.9. The fraction of sp³-hybridized carbons (Fsp3) is 0.248. The van der Waals surface area contributed by atoms with Crippen molar-refractivity contribution in [3.05, 3.63) is 346 Å². The van der Waals surface area contributed by atoms with Crippen LogP contribution in [-0.2, 0) is 19.1 Å². The summed E-state index contributed by atoms with van der Waals surface area (Å²) in [6.45, 7) is 0. The Morgan fingerprint density at radius 1 is 0.504 bits per heavy atom. The van der Waals surface area contributed by atoms with Crippen molar-refractivity contribution in [3.8, 4) is 11.4 Å². The first kappa shape index (κ1) is 119. The van der Waals surface area contributed by atoms with Crippen LogP contribution in [0.1, 0.15) is 174 Å². The molecule has 2 aromatic heterocycles. The maximum Gasteiger partial charge on any atom is 2.00 e. The number of fused-ring (bicyclic) bond motifs is 7. The van der Waals surface area contributed by atoms with Crippen LogP contribution in [0.25, 0.3) is 86.8 Å². The summed E-state index contributed by atoms with van der Waals surface area (Å²) in [6.07, 6.45) is 20.6. The molecule has 23 rings (SSSR count). The molecule has 14 aromatic carbocycles. The number of guanidine groups is 1. The van der Waals surface area contributed by atoms with Crippen LogP contribution in [0.5, 0.6) is 0 Å². The molecule has 141 heavy (non-hydrogen) atoms. The average molecular weight is 2130 g/mol. The number of nitro groups is 1. The number of hydrogen-bond acceptors (Lipinski definition) is 24. The molecule has 7 fully saturated rings. The van der Waals surface area contributed by atoms with Gasteiger partial charge in [0.2, 0.25) is 22.6 Å². The normalized spacial score (nSPS) is 13.1. The SMILES string of the molecule is Brc1cccc2ccccc12.C.C.COC(=O)CCl.COC(=O)CSc1nnc(N)n1-c1ccc(C2CC2)c2ccccc12.NN=C(N)N.Nc1ccc(C2CC2)c2ccccc12.Nc1n[nH]c(=S)n1-c1ccc(C2CC2)c2ccccc12.O=N[O-].O=N[O-].O=[N+]([O-])c1ccc(C2CC2)c2ccccc12.S=C=Nc1ccc(C2CC2)c2ccccc12.[Br-].[CH-]1CC1.[Mg+2].[Na+].[Na+].c1ccc2c(C3CC3)cccc2c1. The molecule has 16 aromatic rings. The van der Waals surface area contributed by atoms with Gasteiger partial charge in [0.25, 0.3) is 5.69 Å². The van der Waals surface area contributed by atoms with Gasteiger partial charge < -0.3 is 87.6 Å². The number of aliphatic imine (C=N–C) groups is 1. The molecule has 7 aliphatic carbocycles. The molecule has 2 heterocycles. The van der Waals surface area contributed by atoms with E-state index in [4.69, 9.17) is 77.5 Å². The largest absolute Gasteiger partial charge is 2.00 e. The number of nitrogen functional groups attached to an aromatic ring is 3. The van der Waals surface area contributed by atoms with Gasteiger partial charge in [-0.1, -0.05) is 267 Å². The number of nitrogens with one attached hydrogen (secondary N) is 1. The first-order valence-electron chi connectivity index (χ1n) is 43.9. The van der Waals surface area contributed by atoms with Gasteiger partial charge in [0, 0.05) is 37.8 Å². The van der Waals surface area contributed by atoms with Crippen LogP contribution in [0.2, 0.25) is 0 Å². The standard InChI is InChI=1S/C18H18N4O2S.C15H14N4S.C14H11NS.C13H11NO2.C13H13N.C13H12.C10H7Br.C3H5ClO2.C3H5.CH6N4.2CH4.BrH.Mg.2HNO2.2Na/c1-24-16(23)10-25-18-21-20-17(19)22(18)15-9-8-12(11-6-7-11)13-4-2-3-5-14(13)15;16-14-17-18-15(20)19(14)13-8-7-10(9-5-6-9)11-3-1-2-4-12(11)13;16-9-15-14-8-7-11(10-5-6-10)12-3-1-2-4-13(12)14;15-14(16)13-8-7-10(9-5-6-9)11-3-1-2-4-12(11)13;14-13-8-7-10(9-5-6-9)11-3-1-2-4-12(11)13;1-2-6-12-10(4-1)5-3-7-13(12)11-8-9-11;11-10-7-3-5-8-4-1-2-6-9(8)10;1-6-3(5)2-4;1-2-3-1;2-1(3)5-4;;;;;2*2-1-3;;/h2-5,8-9,11H,6-7,10H2,1H3,(H2,19,20);1-4,7-9H,5-6H2,(H2,16,17)(H,18,20);1-4,7-8,10H,5-6H2;1-4,7-9H,5-6H2;1-4,7-9H,5-6,14H2;1-7,11H,8-9H2;1-7H;2H2,1H3;1H,2-3H2;4H2,(H4,2,3,5);2*1H4;1H;;2*(H,2,3);;/q;;;;;;;;-1;;;;;+2;;;2*+1/p-3. The number of carbonyl (C=O) groups excluding carboxylic acids is 2. The maximum atomic E-state index is 11.4. The van der Waals surface area contributed by atoms with E-state index in [0.717, 1.165) is 71.8 Å². The fourth-order valence-corrected chi connectivity index (χ4v) is 17.3. The van der Waals surface area contributed by atoms with Crippen molar-refractivity contribution in [3.63, 3.8) is 0 Å². The molecule has 718 valence electrons. The predicted octanol–water partition coefficient (Wildman–Crippen LogP) is 17.3. The zero-order chi connectivity index (χ0) is 95.9. The Morgan fingerprint density at radius 3 is 1.23 bits per heavy atom. The topological polar surface area (TPSA) is 446 Å². The number of hydrazone groups is 1. The van der Waals surface area contributed by atoms with Crippen LogP contribution in [0, 0.1) is 41.5 Å². The minimum absolute atomic E-state index is 0. The monoisotopic (exact) mass is 2130 g/mol. The molecule has 36 heteroatoms. The summed E-state index contributed by atoms with van der Waals surface area (Å²) >= 11 is 19.7. The Balaban J connectivity index is 0.000000244. The van der Waals surface area contributed by atoms with Gasteiger partial charge in [-0.05, 0) is 255 Å². The van der Waals surface area contributed by atoms with E-state index in [1.54, 1.807) is 20.8 Å². The summed E-state index contributed by atoms with van der Waals surface area (Å²) in [6, 6.07) is 91.6. The molecule has 0 spiro atoms. The van der Waals surface area contributed by atoms with Crippen molar-refractivity contribution >= 4 is 214 Å². The number of methoxy groups -OCH3 is 2. The number of hydrogen-bond donors (Lipinski definition) is 7. The summed E-state index contributed by atoms with van der Waals surface area (Å²) in [5.41, 5.74) is 39.8. The quantitative estimate of drug-likeness (QED) is 0.00424. The molecule has 0 amide bonds. The maximum absolute atomic E-state index is 11.4. The van der Waals surface area contributed by atoms with Crippen molar-refractivity contribution in [1.29, 1.82) is 0 Å². The van der Waals surface area contributed by atoms with E-state index in [-0.39, 0.29) is 148 Å².